The largest absolute Gasteiger partial charge is 0.333 e. The molecule has 0 aliphatic carbocycles. The fourth-order valence-electron chi connectivity index (χ4n) is 2.87. The SMILES string of the molecule is CC(=O)N(CCc1ccc(Cl)cc1)CC(=O)Nc1ccccc1C(C)(C)C. The zero-order chi connectivity index (χ0) is 20.0. The summed E-state index contributed by atoms with van der Waals surface area (Å²) >= 11 is 5.90. The quantitative estimate of drug-likeness (QED) is 0.784. The van der Waals surface area contributed by atoms with Crippen LogP contribution in [0.2, 0.25) is 5.02 Å². The zero-order valence-electron chi connectivity index (χ0n) is 16.4. The van der Waals surface area contributed by atoms with Crippen LogP contribution >= 0.6 is 11.6 Å². The average molecular weight is 387 g/mol. The van der Waals surface area contributed by atoms with Gasteiger partial charge in [0.1, 0.15) is 0 Å². The lowest BCUT2D eigenvalue weighted by atomic mass is 9.86. The minimum Gasteiger partial charge on any atom is -0.333 e. The Bertz CT molecular complexity index is 795. The van der Waals surface area contributed by atoms with Crippen LogP contribution in [0.3, 0.4) is 0 Å². The summed E-state index contributed by atoms with van der Waals surface area (Å²) in [7, 11) is 0. The number of anilines is 1. The van der Waals surface area contributed by atoms with Gasteiger partial charge in [0.05, 0.1) is 6.54 Å². The van der Waals surface area contributed by atoms with Crippen molar-refractivity contribution in [2.45, 2.75) is 39.5 Å². The number of nitrogens with zero attached hydrogens (tertiary/aromatic N) is 1. The smallest absolute Gasteiger partial charge is 0.244 e. The number of rotatable bonds is 6. The molecule has 0 radical (unpaired) electrons. The van der Waals surface area contributed by atoms with Gasteiger partial charge in [0.15, 0.2) is 0 Å². The van der Waals surface area contributed by atoms with Crippen molar-refractivity contribution in [3.8, 4) is 0 Å². The molecule has 0 saturated heterocycles. The molecule has 0 aromatic heterocycles. The van der Waals surface area contributed by atoms with Crippen molar-refractivity contribution in [1.82, 2.24) is 4.90 Å². The Labute approximate surface area is 166 Å². The number of hydrogen-bond acceptors (Lipinski definition) is 2. The summed E-state index contributed by atoms with van der Waals surface area (Å²) in [5, 5.41) is 3.64. The molecule has 0 fully saturated rings. The summed E-state index contributed by atoms with van der Waals surface area (Å²) in [6.45, 7) is 8.30. The van der Waals surface area contributed by atoms with Gasteiger partial charge in [-0.3, -0.25) is 9.59 Å². The molecule has 2 amide bonds. The van der Waals surface area contributed by atoms with Crippen molar-refractivity contribution < 1.29 is 9.59 Å². The molecule has 0 spiro atoms. The molecule has 2 aromatic rings. The number of carbonyl (C=O) groups is 2. The van der Waals surface area contributed by atoms with Crippen LogP contribution in [0, 0.1) is 0 Å². The molecule has 2 rings (SSSR count). The van der Waals surface area contributed by atoms with E-state index in [0.717, 1.165) is 16.8 Å². The molecule has 0 heterocycles. The molecular formula is C22H27ClN2O2. The van der Waals surface area contributed by atoms with Crippen LogP contribution in [0.25, 0.3) is 0 Å². The molecule has 5 heteroatoms. The maximum atomic E-state index is 12.5. The van der Waals surface area contributed by atoms with E-state index in [4.69, 9.17) is 11.6 Å². The summed E-state index contributed by atoms with van der Waals surface area (Å²) < 4.78 is 0. The van der Waals surface area contributed by atoms with Gasteiger partial charge in [-0.15, -0.1) is 0 Å². The maximum Gasteiger partial charge on any atom is 0.244 e. The standard InChI is InChI=1S/C22H27ClN2O2/c1-16(26)25(14-13-17-9-11-18(23)12-10-17)15-21(27)24-20-8-6-5-7-19(20)22(2,3)4/h5-12H,13-15H2,1-4H3,(H,24,27). The molecule has 1 N–H and O–H groups in total. The first-order valence-corrected chi connectivity index (χ1v) is 9.44. The predicted octanol–water partition coefficient (Wildman–Crippen LogP) is 4.67. The first-order chi connectivity index (χ1) is 12.7. The molecule has 2 aromatic carbocycles. The van der Waals surface area contributed by atoms with Gasteiger partial charge in [0.25, 0.3) is 0 Å². The minimum atomic E-state index is -0.196. The van der Waals surface area contributed by atoms with E-state index in [0.29, 0.717) is 18.0 Å². The highest BCUT2D eigenvalue weighted by Crippen LogP contribution is 2.29. The Hall–Kier alpha value is -2.33. The lowest BCUT2D eigenvalue weighted by molar-refractivity contribution is -0.132. The molecule has 4 nitrogen and oxygen atoms in total. The molecule has 0 bridgehead atoms. The van der Waals surface area contributed by atoms with Crippen LogP contribution in [-0.2, 0) is 21.4 Å². The monoisotopic (exact) mass is 386 g/mol. The number of hydrogen-bond donors (Lipinski definition) is 1. The summed E-state index contributed by atoms with van der Waals surface area (Å²) in [5.41, 5.74) is 2.84. The van der Waals surface area contributed by atoms with Crippen molar-refractivity contribution in [3.63, 3.8) is 0 Å². The normalized spacial score (nSPS) is 11.1. The highest BCUT2D eigenvalue weighted by molar-refractivity contribution is 6.30. The first-order valence-electron chi connectivity index (χ1n) is 9.06. The average Bonchev–Trinajstić information content (AvgIpc) is 2.59. The molecule has 0 atom stereocenters. The molecule has 0 saturated carbocycles. The maximum absolute atomic E-state index is 12.5. The van der Waals surface area contributed by atoms with Gasteiger partial charge in [-0.05, 0) is 41.2 Å². The second-order valence-electron chi connectivity index (χ2n) is 7.66. The van der Waals surface area contributed by atoms with Crippen molar-refractivity contribution >= 4 is 29.1 Å². The van der Waals surface area contributed by atoms with Crippen LogP contribution in [0.1, 0.15) is 38.8 Å². The van der Waals surface area contributed by atoms with E-state index in [9.17, 15) is 9.59 Å². The highest BCUT2D eigenvalue weighted by atomic mass is 35.5. The predicted molar refractivity (Wildman–Crippen MR) is 111 cm³/mol. The molecule has 0 aliphatic heterocycles. The Morgan fingerprint density at radius 1 is 1.04 bits per heavy atom. The van der Waals surface area contributed by atoms with E-state index in [2.05, 4.69) is 26.1 Å². The lowest BCUT2D eigenvalue weighted by Gasteiger charge is -2.24. The van der Waals surface area contributed by atoms with Crippen molar-refractivity contribution in [2.75, 3.05) is 18.4 Å². The van der Waals surface area contributed by atoms with Crippen LogP contribution < -0.4 is 5.32 Å². The third-order valence-electron chi connectivity index (χ3n) is 4.37. The van der Waals surface area contributed by atoms with Crippen LogP contribution in [-0.4, -0.2) is 29.8 Å². The number of nitrogens with one attached hydrogen (secondary N) is 1. The van der Waals surface area contributed by atoms with Gasteiger partial charge in [0, 0.05) is 24.2 Å². The van der Waals surface area contributed by atoms with Gasteiger partial charge in [-0.25, -0.2) is 0 Å². The molecule has 0 aliphatic rings. The number of halogens is 1. The van der Waals surface area contributed by atoms with Crippen molar-refractivity contribution in [2.24, 2.45) is 0 Å². The minimum absolute atomic E-state index is 0.0292. The van der Waals surface area contributed by atoms with E-state index in [1.807, 2.05) is 48.5 Å². The zero-order valence-corrected chi connectivity index (χ0v) is 17.1. The molecule has 0 unspecified atom stereocenters. The Balaban J connectivity index is 2.01. The van der Waals surface area contributed by atoms with Gasteiger partial charge in [-0.1, -0.05) is 62.7 Å². The van der Waals surface area contributed by atoms with Gasteiger partial charge in [-0.2, -0.15) is 0 Å². The third kappa shape index (κ3) is 6.40. The first kappa shape index (κ1) is 21.0. The van der Waals surface area contributed by atoms with Gasteiger partial charge in [0.2, 0.25) is 11.8 Å². The van der Waals surface area contributed by atoms with Crippen LogP contribution in [0.15, 0.2) is 48.5 Å². The number of para-hydroxylation sites is 1. The Kier molecular flexibility index (Phi) is 7.03. The summed E-state index contributed by atoms with van der Waals surface area (Å²) in [6.07, 6.45) is 0.669. The van der Waals surface area contributed by atoms with E-state index in [1.165, 1.54) is 6.92 Å². The molecule has 144 valence electrons. The van der Waals surface area contributed by atoms with Crippen molar-refractivity contribution in [1.29, 1.82) is 0 Å². The fourth-order valence-corrected chi connectivity index (χ4v) is 3.00. The van der Waals surface area contributed by atoms with Gasteiger partial charge >= 0.3 is 0 Å². The summed E-state index contributed by atoms with van der Waals surface area (Å²) in [6, 6.07) is 15.3. The third-order valence-corrected chi connectivity index (χ3v) is 4.62. The topological polar surface area (TPSA) is 49.4 Å². The highest BCUT2D eigenvalue weighted by Gasteiger charge is 2.20. The second-order valence-corrected chi connectivity index (χ2v) is 8.10. The Morgan fingerprint density at radius 2 is 1.67 bits per heavy atom. The van der Waals surface area contributed by atoms with Gasteiger partial charge < -0.3 is 10.2 Å². The van der Waals surface area contributed by atoms with Crippen LogP contribution in [0.4, 0.5) is 5.69 Å². The number of benzene rings is 2. The van der Waals surface area contributed by atoms with E-state index < -0.39 is 0 Å². The summed E-state index contributed by atoms with van der Waals surface area (Å²) in [4.78, 5) is 26.1. The molecular weight excluding hydrogens is 360 g/mol. The van der Waals surface area contributed by atoms with E-state index in [1.54, 1.807) is 4.90 Å². The lowest BCUT2D eigenvalue weighted by Crippen LogP contribution is -2.38. The number of carbonyl (C=O) groups excluding carboxylic acids is 2. The summed E-state index contributed by atoms with van der Waals surface area (Å²) in [5.74, 6) is -0.318. The number of amides is 2. The molecule has 27 heavy (non-hydrogen) atoms. The Morgan fingerprint density at radius 3 is 2.26 bits per heavy atom. The second kappa shape index (κ2) is 9.05. The fraction of sp³-hybridized carbons (Fsp3) is 0.364. The van der Waals surface area contributed by atoms with Crippen LogP contribution in [0.5, 0.6) is 0 Å². The van der Waals surface area contributed by atoms with E-state index >= 15 is 0 Å². The van der Waals surface area contributed by atoms with E-state index in [-0.39, 0.29) is 23.8 Å². The van der Waals surface area contributed by atoms with Crippen molar-refractivity contribution in [3.05, 3.63) is 64.7 Å².